The van der Waals surface area contributed by atoms with Gasteiger partial charge in [-0.15, -0.1) is 0 Å². The summed E-state index contributed by atoms with van der Waals surface area (Å²) in [6.07, 6.45) is 1.36. The van der Waals surface area contributed by atoms with Gasteiger partial charge in [0.1, 0.15) is 0 Å². The number of benzene rings is 2. The number of halogens is 2. The molecule has 0 heterocycles. The highest BCUT2D eigenvalue weighted by Crippen LogP contribution is 2.14. The third kappa shape index (κ3) is 5.55. The van der Waals surface area contributed by atoms with Gasteiger partial charge < -0.3 is 10.2 Å². The van der Waals surface area contributed by atoms with Crippen molar-refractivity contribution in [2.24, 2.45) is 5.16 Å². The van der Waals surface area contributed by atoms with Gasteiger partial charge in [0.15, 0.2) is 0 Å². The first-order valence-electron chi connectivity index (χ1n) is 7.56. The van der Waals surface area contributed by atoms with Crippen LogP contribution in [-0.2, 0) is 16.2 Å². The summed E-state index contributed by atoms with van der Waals surface area (Å²) in [5, 5.41) is 7.91. The number of nitrogens with zero attached hydrogens (tertiary/aromatic N) is 1. The molecule has 1 N–H and O–H groups in total. The molecule has 1 amide bonds. The van der Waals surface area contributed by atoms with Crippen molar-refractivity contribution in [3.63, 3.8) is 0 Å². The highest BCUT2D eigenvalue weighted by atomic mass is 35.5. The topological polar surface area (TPSA) is 50.7 Å². The predicted molar refractivity (Wildman–Crippen MR) is 97.5 cm³/mol. The summed E-state index contributed by atoms with van der Waals surface area (Å²) in [6.45, 7) is 2.20. The molecule has 0 radical (unpaired) electrons. The molecule has 2 aromatic rings. The minimum atomic E-state index is -0.664. The maximum absolute atomic E-state index is 12.2. The number of amides is 1. The van der Waals surface area contributed by atoms with Gasteiger partial charge in [-0.05, 0) is 35.7 Å². The van der Waals surface area contributed by atoms with Gasteiger partial charge in [-0.1, -0.05) is 65.6 Å². The van der Waals surface area contributed by atoms with E-state index in [4.69, 9.17) is 28.0 Å². The van der Waals surface area contributed by atoms with Gasteiger partial charge >= 0.3 is 0 Å². The summed E-state index contributed by atoms with van der Waals surface area (Å²) < 4.78 is 0. The van der Waals surface area contributed by atoms with E-state index in [2.05, 4.69) is 10.5 Å². The Hall–Kier alpha value is -2.04. The molecule has 4 nitrogen and oxygen atoms in total. The Morgan fingerprint density at radius 2 is 2.04 bits per heavy atom. The van der Waals surface area contributed by atoms with E-state index in [1.807, 2.05) is 37.3 Å². The largest absolute Gasteiger partial charge is 0.382 e. The third-order valence-corrected chi connectivity index (χ3v) is 3.92. The number of hydrogen-bond acceptors (Lipinski definition) is 3. The van der Waals surface area contributed by atoms with Crippen molar-refractivity contribution in [1.82, 2.24) is 5.32 Å². The van der Waals surface area contributed by atoms with Crippen LogP contribution in [-0.4, -0.2) is 18.2 Å². The van der Waals surface area contributed by atoms with Gasteiger partial charge in [0.25, 0.3) is 5.91 Å². The Morgan fingerprint density at radius 1 is 1.25 bits per heavy atom. The van der Waals surface area contributed by atoms with Crippen LogP contribution in [0.15, 0.2) is 53.7 Å². The molecular weight excluding hydrogens is 347 g/mol. The normalized spacial score (nSPS) is 12.1. The smallest absolute Gasteiger partial charge is 0.264 e. The van der Waals surface area contributed by atoms with Crippen LogP contribution in [0, 0.1) is 0 Å². The lowest BCUT2D eigenvalue weighted by Crippen LogP contribution is -2.34. The fourth-order valence-electron chi connectivity index (χ4n) is 2.00. The first kappa shape index (κ1) is 18.3. The second kappa shape index (κ2) is 9.30. The van der Waals surface area contributed by atoms with Crippen molar-refractivity contribution in [3.05, 3.63) is 69.7 Å². The van der Waals surface area contributed by atoms with Crippen LogP contribution < -0.4 is 5.32 Å². The molecule has 126 valence electrons. The summed E-state index contributed by atoms with van der Waals surface area (Å²) in [6, 6.07) is 14.6. The SMILES string of the molecule is CCC(O/N=C/c1cccc(Cl)c1)C(=O)NCc1ccccc1Cl. The van der Waals surface area contributed by atoms with Crippen molar-refractivity contribution in [1.29, 1.82) is 0 Å². The lowest BCUT2D eigenvalue weighted by atomic mass is 10.2. The summed E-state index contributed by atoms with van der Waals surface area (Å²) in [5.41, 5.74) is 1.65. The maximum Gasteiger partial charge on any atom is 0.264 e. The lowest BCUT2D eigenvalue weighted by Gasteiger charge is -2.13. The molecule has 6 heteroatoms. The molecule has 0 spiro atoms. The summed E-state index contributed by atoms with van der Waals surface area (Å²) >= 11 is 12.0. The van der Waals surface area contributed by atoms with Gasteiger partial charge in [0, 0.05) is 16.6 Å². The number of nitrogens with one attached hydrogen (secondary N) is 1. The first-order chi connectivity index (χ1) is 11.6. The van der Waals surface area contributed by atoms with Crippen LogP contribution >= 0.6 is 23.2 Å². The van der Waals surface area contributed by atoms with Crippen LogP contribution in [0.5, 0.6) is 0 Å². The molecule has 0 fully saturated rings. The van der Waals surface area contributed by atoms with Gasteiger partial charge in [0.2, 0.25) is 6.10 Å². The lowest BCUT2D eigenvalue weighted by molar-refractivity contribution is -0.133. The number of hydrogen-bond donors (Lipinski definition) is 1. The molecule has 1 unspecified atom stereocenters. The number of oxime groups is 1. The minimum Gasteiger partial charge on any atom is -0.382 e. The number of rotatable bonds is 7. The van der Waals surface area contributed by atoms with Crippen molar-refractivity contribution in [2.75, 3.05) is 0 Å². The molecule has 0 aliphatic carbocycles. The Kier molecular flexibility index (Phi) is 7.09. The quantitative estimate of drug-likeness (QED) is 0.583. The summed E-state index contributed by atoms with van der Waals surface area (Å²) in [4.78, 5) is 17.5. The summed E-state index contributed by atoms with van der Waals surface area (Å²) in [5.74, 6) is -0.235. The van der Waals surface area contributed by atoms with E-state index in [9.17, 15) is 4.79 Å². The molecule has 0 saturated carbocycles. The second-order valence-electron chi connectivity index (χ2n) is 5.10. The Balaban J connectivity index is 1.88. The maximum atomic E-state index is 12.2. The Morgan fingerprint density at radius 3 is 2.75 bits per heavy atom. The molecule has 2 rings (SSSR count). The monoisotopic (exact) mass is 364 g/mol. The van der Waals surface area contributed by atoms with Gasteiger partial charge in [-0.3, -0.25) is 4.79 Å². The third-order valence-electron chi connectivity index (χ3n) is 3.31. The van der Waals surface area contributed by atoms with Crippen LogP contribution in [0.2, 0.25) is 10.0 Å². The number of carbonyl (C=O) groups is 1. The summed E-state index contributed by atoms with van der Waals surface area (Å²) in [7, 11) is 0. The van der Waals surface area contributed by atoms with Gasteiger partial charge in [0.05, 0.1) is 6.21 Å². The molecule has 24 heavy (non-hydrogen) atoms. The average molecular weight is 365 g/mol. The molecule has 0 aromatic heterocycles. The molecular formula is C18H18Cl2N2O2. The van der Waals surface area contributed by atoms with E-state index in [0.717, 1.165) is 11.1 Å². The molecule has 0 saturated heterocycles. The van der Waals surface area contributed by atoms with Crippen molar-refractivity contribution in [2.45, 2.75) is 26.0 Å². The molecule has 2 aromatic carbocycles. The van der Waals surface area contributed by atoms with Crippen LogP contribution in [0.25, 0.3) is 0 Å². The average Bonchev–Trinajstić information content (AvgIpc) is 2.58. The van der Waals surface area contributed by atoms with Gasteiger partial charge in [-0.2, -0.15) is 0 Å². The molecule has 0 aliphatic heterocycles. The van der Waals surface area contributed by atoms with Crippen molar-refractivity contribution in [3.8, 4) is 0 Å². The zero-order valence-electron chi connectivity index (χ0n) is 13.2. The fraction of sp³-hybridized carbons (Fsp3) is 0.222. The predicted octanol–water partition coefficient (Wildman–Crippen LogP) is 4.44. The zero-order valence-corrected chi connectivity index (χ0v) is 14.7. The minimum absolute atomic E-state index is 0.235. The van der Waals surface area contributed by atoms with E-state index < -0.39 is 6.10 Å². The van der Waals surface area contributed by atoms with Crippen molar-refractivity contribution >= 4 is 35.3 Å². The van der Waals surface area contributed by atoms with Crippen molar-refractivity contribution < 1.29 is 9.63 Å². The van der Waals surface area contributed by atoms with E-state index in [1.165, 1.54) is 6.21 Å². The number of carbonyl (C=O) groups excluding carboxylic acids is 1. The van der Waals surface area contributed by atoms with Gasteiger partial charge in [-0.25, -0.2) is 0 Å². The van der Waals surface area contributed by atoms with Crippen LogP contribution in [0.1, 0.15) is 24.5 Å². The Bertz CT molecular complexity index is 720. The first-order valence-corrected chi connectivity index (χ1v) is 8.31. The van der Waals surface area contributed by atoms with E-state index in [-0.39, 0.29) is 5.91 Å². The molecule has 0 aliphatic rings. The zero-order chi connectivity index (χ0) is 17.4. The fourth-order valence-corrected chi connectivity index (χ4v) is 2.40. The highest BCUT2D eigenvalue weighted by Gasteiger charge is 2.17. The standard InChI is InChI=1S/C18H18Cl2N2O2/c1-2-17(24-22-11-13-6-5-8-15(19)10-13)18(23)21-12-14-7-3-4-9-16(14)20/h3-11,17H,2,12H2,1H3,(H,21,23)/b22-11+. The van der Waals surface area contributed by atoms with E-state index in [1.54, 1.807) is 18.2 Å². The Labute approximate surface area is 151 Å². The second-order valence-corrected chi connectivity index (χ2v) is 5.94. The van der Waals surface area contributed by atoms with Crippen LogP contribution in [0.3, 0.4) is 0 Å². The molecule has 0 bridgehead atoms. The molecule has 1 atom stereocenters. The van der Waals surface area contributed by atoms with E-state index >= 15 is 0 Å². The van der Waals surface area contributed by atoms with E-state index in [0.29, 0.717) is 23.0 Å². The van der Waals surface area contributed by atoms with Crippen LogP contribution in [0.4, 0.5) is 0 Å². The highest BCUT2D eigenvalue weighted by molar-refractivity contribution is 6.31.